The topological polar surface area (TPSA) is 85.2 Å². The molecule has 4 rings (SSSR count). The summed E-state index contributed by atoms with van der Waals surface area (Å²) in [5.41, 5.74) is 1.81. The Morgan fingerprint density at radius 2 is 2.00 bits per heavy atom. The van der Waals surface area contributed by atoms with Crippen molar-refractivity contribution in [3.05, 3.63) is 60.5 Å². The smallest absolute Gasteiger partial charge is 0.249 e. The third-order valence-corrected chi connectivity index (χ3v) is 4.55. The molecule has 0 bridgehead atoms. The lowest BCUT2D eigenvalue weighted by atomic mass is 10.1. The van der Waals surface area contributed by atoms with Gasteiger partial charge in [0, 0.05) is 5.56 Å². The molecule has 1 atom stereocenters. The summed E-state index contributed by atoms with van der Waals surface area (Å²) in [5, 5.41) is 9.84. The van der Waals surface area contributed by atoms with Crippen molar-refractivity contribution in [1.29, 1.82) is 0 Å². The third-order valence-electron chi connectivity index (χ3n) is 4.55. The molecule has 0 saturated heterocycles. The van der Waals surface area contributed by atoms with Crippen LogP contribution in [0.5, 0.6) is 5.75 Å². The van der Waals surface area contributed by atoms with Gasteiger partial charge in [-0.3, -0.25) is 9.59 Å². The van der Waals surface area contributed by atoms with Crippen molar-refractivity contribution in [3.8, 4) is 16.9 Å². The molecule has 1 aliphatic heterocycles. The Balaban J connectivity index is 1.66. The van der Waals surface area contributed by atoms with Gasteiger partial charge in [-0.15, -0.1) is 0 Å². The average Bonchev–Trinajstić information content (AvgIpc) is 3.12. The Kier molecular flexibility index (Phi) is 4.52. The van der Waals surface area contributed by atoms with Crippen molar-refractivity contribution in [2.75, 3.05) is 17.7 Å². The largest absolute Gasteiger partial charge is 0.495 e. The van der Waals surface area contributed by atoms with E-state index in [1.807, 2.05) is 0 Å². The number of ether oxygens (including phenoxy) is 1. The van der Waals surface area contributed by atoms with Gasteiger partial charge in [-0.25, -0.2) is 9.07 Å². The molecule has 2 heterocycles. The lowest BCUT2D eigenvalue weighted by Gasteiger charge is -2.25. The molecule has 8 heteroatoms. The van der Waals surface area contributed by atoms with E-state index in [4.69, 9.17) is 4.74 Å². The second-order valence-electron chi connectivity index (χ2n) is 6.32. The first-order valence-electron chi connectivity index (χ1n) is 8.64. The minimum atomic E-state index is -0.817. The molecule has 0 saturated carbocycles. The van der Waals surface area contributed by atoms with Crippen LogP contribution in [-0.4, -0.2) is 28.7 Å². The maximum Gasteiger partial charge on any atom is 0.249 e. The quantitative estimate of drug-likeness (QED) is 0.728. The monoisotopic (exact) mass is 380 g/mol. The molecule has 0 radical (unpaired) electrons. The zero-order valence-electron chi connectivity index (χ0n) is 15.0. The number of carbonyl (C=O) groups excluding carboxylic acids is 2. The summed E-state index contributed by atoms with van der Waals surface area (Å²) < 4.78 is 19.9. The molecule has 1 aliphatic rings. The zero-order chi connectivity index (χ0) is 19.7. The predicted molar refractivity (Wildman–Crippen MR) is 102 cm³/mol. The van der Waals surface area contributed by atoms with Gasteiger partial charge < -0.3 is 15.4 Å². The van der Waals surface area contributed by atoms with Gasteiger partial charge in [-0.1, -0.05) is 24.3 Å². The Hall–Kier alpha value is -3.68. The van der Waals surface area contributed by atoms with Crippen molar-refractivity contribution in [1.82, 2.24) is 9.78 Å². The fourth-order valence-electron chi connectivity index (χ4n) is 3.18. The minimum Gasteiger partial charge on any atom is -0.495 e. The van der Waals surface area contributed by atoms with Crippen LogP contribution in [0.3, 0.4) is 0 Å². The number of methoxy groups -OCH3 is 1. The number of hydrogen-bond acceptors (Lipinski definition) is 4. The summed E-state index contributed by atoms with van der Waals surface area (Å²) in [6, 6.07) is 12.0. The number of aromatic nitrogens is 2. The van der Waals surface area contributed by atoms with E-state index in [1.54, 1.807) is 42.6 Å². The Bertz CT molecular complexity index is 1050. The zero-order valence-corrected chi connectivity index (χ0v) is 15.0. The van der Waals surface area contributed by atoms with Gasteiger partial charge in [0.25, 0.3) is 0 Å². The third kappa shape index (κ3) is 3.20. The first-order valence-corrected chi connectivity index (χ1v) is 8.64. The molecular weight excluding hydrogens is 363 g/mol. The summed E-state index contributed by atoms with van der Waals surface area (Å²) in [6.45, 7) is 0. The van der Waals surface area contributed by atoms with E-state index in [0.29, 0.717) is 28.4 Å². The van der Waals surface area contributed by atoms with Crippen molar-refractivity contribution in [2.45, 2.75) is 12.5 Å². The van der Waals surface area contributed by atoms with E-state index in [1.165, 1.54) is 23.9 Å². The Morgan fingerprint density at radius 3 is 2.75 bits per heavy atom. The van der Waals surface area contributed by atoms with Gasteiger partial charge in [0.1, 0.15) is 23.4 Å². The van der Waals surface area contributed by atoms with Crippen molar-refractivity contribution in [2.24, 2.45) is 0 Å². The van der Waals surface area contributed by atoms with Gasteiger partial charge >= 0.3 is 0 Å². The number of fused-ring (bicyclic) bond motifs is 1. The first-order chi connectivity index (χ1) is 13.6. The molecule has 0 spiro atoms. The van der Waals surface area contributed by atoms with E-state index in [0.717, 1.165) is 0 Å². The summed E-state index contributed by atoms with van der Waals surface area (Å²) >= 11 is 0. The molecule has 1 unspecified atom stereocenters. The lowest BCUT2D eigenvalue weighted by Crippen LogP contribution is -2.35. The van der Waals surface area contributed by atoms with Crippen LogP contribution in [-0.2, 0) is 9.59 Å². The maximum absolute atomic E-state index is 13.2. The van der Waals surface area contributed by atoms with E-state index in [9.17, 15) is 14.0 Å². The van der Waals surface area contributed by atoms with Crippen LogP contribution in [0.25, 0.3) is 11.1 Å². The van der Waals surface area contributed by atoms with Crippen LogP contribution in [0.1, 0.15) is 12.5 Å². The normalized spacial score (nSPS) is 15.5. The molecule has 0 fully saturated rings. The summed E-state index contributed by atoms with van der Waals surface area (Å²) in [7, 11) is 1.51. The second-order valence-corrected chi connectivity index (χ2v) is 6.32. The predicted octanol–water partition coefficient (Wildman–Crippen LogP) is 3.22. The minimum absolute atomic E-state index is 0.0431. The number of carbonyl (C=O) groups is 2. The number of amides is 2. The van der Waals surface area contributed by atoms with Crippen molar-refractivity contribution < 1.29 is 18.7 Å². The molecule has 2 aromatic carbocycles. The fourth-order valence-corrected chi connectivity index (χ4v) is 3.18. The van der Waals surface area contributed by atoms with E-state index >= 15 is 0 Å². The standard InChI is InChI=1S/C20H17FN4O3/c1-28-17-5-3-2-4-15(17)23-20(27)16-10-18(26)24-19-14(11-22-25(16)19)12-6-8-13(21)9-7-12/h2-9,11,16H,10H2,1H3,(H,23,27)(H,24,26). The average molecular weight is 380 g/mol. The summed E-state index contributed by atoms with van der Waals surface area (Å²) in [6.07, 6.45) is 1.51. The number of anilines is 2. The Morgan fingerprint density at radius 1 is 1.25 bits per heavy atom. The summed E-state index contributed by atoms with van der Waals surface area (Å²) in [5.74, 6) is -0.111. The van der Waals surface area contributed by atoms with Gasteiger partial charge in [0.15, 0.2) is 0 Å². The number of nitrogens with zero attached hydrogens (tertiary/aromatic N) is 2. The van der Waals surface area contributed by atoms with E-state index < -0.39 is 6.04 Å². The molecule has 7 nitrogen and oxygen atoms in total. The SMILES string of the molecule is COc1ccccc1NC(=O)C1CC(=O)Nc2c(-c3ccc(F)cc3)cnn21. The lowest BCUT2D eigenvalue weighted by molar-refractivity contribution is -0.125. The van der Waals surface area contributed by atoms with Crippen LogP contribution in [0.2, 0.25) is 0 Å². The highest BCUT2D eigenvalue weighted by Gasteiger charge is 2.33. The van der Waals surface area contributed by atoms with Crippen LogP contribution in [0.4, 0.5) is 15.9 Å². The van der Waals surface area contributed by atoms with E-state index in [2.05, 4.69) is 15.7 Å². The van der Waals surface area contributed by atoms with Crippen LogP contribution >= 0.6 is 0 Å². The molecule has 28 heavy (non-hydrogen) atoms. The Labute approximate surface area is 160 Å². The number of halogens is 1. The first kappa shape index (κ1) is 17.7. The highest BCUT2D eigenvalue weighted by atomic mass is 19.1. The highest BCUT2D eigenvalue weighted by Crippen LogP contribution is 2.35. The maximum atomic E-state index is 13.2. The van der Waals surface area contributed by atoms with Gasteiger partial charge in [0.05, 0.1) is 25.4 Å². The number of benzene rings is 2. The summed E-state index contributed by atoms with van der Waals surface area (Å²) in [4.78, 5) is 25.1. The molecule has 1 aromatic heterocycles. The fraction of sp³-hybridized carbons (Fsp3) is 0.150. The van der Waals surface area contributed by atoms with Crippen LogP contribution in [0, 0.1) is 5.82 Å². The molecule has 2 amide bonds. The van der Waals surface area contributed by atoms with Gasteiger partial charge in [-0.2, -0.15) is 5.10 Å². The number of para-hydroxylation sites is 2. The number of nitrogens with one attached hydrogen (secondary N) is 2. The number of hydrogen-bond donors (Lipinski definition) is 2. The number of rotatable bonds is 4. The molecular formula is C20H17FN4O3. The van der Waals surface area contributed by atoms with E-state index in [-0.39, 0.29) is 24.1 Å². The highest BCUT2D eigenvalue weighted by molar-refractivity contribution is 6.03. The molecule has 3 aromatic rings. The van der Waals surface area contributed by atoms with Gasteiger partial charge in [0.2, 0.25) is 11.8 Å². The van der Waals surface area contributed by atoms with Crippen LogP contribution in [0.15, 0.2) is 54.7 Å². The van der Waals surface area contributed by atoms with Crippen LogP contribution < -0.4 is 15.4 Å². The second kappa shape index (κ2) is 7.15. The van der Waals surface area contributed by atoms with Crippen molar-refractivity contribution in [3.63, 3.8) is 0 Å². The molecule has 0 aliphatic carbocycles. The molecule has 2 N–H and O–H groups in total. The van der Waals surface area contributed by atoms with Gasteiger partial charge in [-0.05, 0) is 29.8 Å². The van der Waals surface area contributed by atoms with Crippen molar-refractivity contribution >= 4 is 23.3 Å². The molecule has 142 valence electrons.